The van der Waals surface area contributed by atoms with E-state index in [1.54, 1.807) is 6.07 Å². The van der Waals surface area contributed by atoms with E-state index in [2.05, 4.69) is 15.9 Å². The van der Waals surface area contributed by atoms with Crippen LogP contribution in [0.3, 0.4) is 0 Å². The maximum absolute atomic E-state index is 13.2. The van der Waals surface area contributed by atoms with Crippen LogP contribution in [0, 0.1) is 5.82 Å². The standard InChI is InChI=1S/C11H13BrFNO/c12-8-5-7(10(15)9(13)6-8)1-2-11(14)3-4-11/h5-6,15H,1-4,14H2. The van der Waals surface area contributed by atoms with Gasteiger partial charge in [0.05, 0.1) is 0 Å². The molecule has 15 heavy (non-hydrogen) atoms. The lowest BCUT2D eigenvalue weighted by molar-refractivity contribution is 0.423. The Balaban J connectivity index is 2.13. The number of phenols is 1. The van der Waals surface area contributed by atoms with E-state index < -0.39 is 5.82 Å². The molecule has 2 nitrogen and oxygen atoms in total. The fourth-order valence-corrected chi connectivity index (χ4v) is 2.08. The zero-order valence-electron chi connectivity index (χ0n) is 8.26. The second-order valence-corrected chi connectivity index (χ2v) is 5.17. The van der Waals surface area contributed by atoms with Crippen molar-refractivity contribution in [1.29, 1.82) is 0 Å². The first kappa shape index (κ1) is 10.9. The predicted molar refractivity (Wildman–Crippen MR) is 60.2 cm³/mol. The van der Waals surface area contributed by atoms with Crippen molar-refractivity contribution in [2.24, 2.45) is 5.73 Å². The van der Waals surface area contributed by atoms with E-state index in [-0.39, 0.29) is 11.3 Å². The highest BCUT2D eigenvalue weighted by molar-refractivity contribution is 9.10. The largest absolute Gasteiger partial charge is 0.505 e. The van der Waals surface area contributed by atoms with Crippen LogP contribution in [0.25, 0.3) is 0 Å². The molecule has 2 rings (SSSR count). The lowest BCUT2D eigenvalue weighted by Crippen LogP contribution is -2.22. The van der Waals surface area contributed by atoms with E-state index in [9.17, 15) is 9.50 Å². The molecule has 0 bridgehead atoms. The fourth-order valence-electron chi connectivity index (χ4n) is 1.60. The molecule has 1 aromatic rings. The lowest BCUT2D eigenvalue weighted by atomic mass is 10.0. The molecule has 82 valence electrons. The van der Waals surface area contributed by atoms with Crippen molar-refractivity contribution < 1.29 is 9.50 Å². The third kappa shape index (κ3) is 2.49. The van der Waals surface area contributed by atoms with Crippen LogP contribution in [0.2, 0.25) is 0 Å². The molecule has 3 N–H and O–H groups in total. The van der Waals surface area contributed by atoms with E-state index in [0.29, 0.717) is 16.5 Å². The normalized spacial score (nSPS) is 17.8. The zero-order chi connectivity index (χ0) is 11.1. The molecule has 1 aromatic carbocycles. The first-order valence-corrected chi connectivity index (χ1v) is 5.75. The first-order valence-electron chi connectivity index (χ1n) is 4.96. The van der Waals surface area contributed by atoms with Gasteiger partial charge < -0.3 is 10.8 Å². The van der Waals surface area contributed by atoms with Crippen molar-refractivity contribution >= 4 is 15.9 Å². The quantitative estimate of drug-likeness (QED) is 0.890. The van der Waals surface area contributed by atoms with Gasteiger partial charge in [-0.25, -0.2) is 4.39 Å². The summed E-state index contributed by atoms with van der Waals surface area (Å²) in [6.45, 7) is 0. The van der Waals surface area contributed by atoms with E-state index in [1.807, 2.05) is 0 Å². The molecular weight excluding hydrogens is 261 g/mol. The lowest BCUT2D eigenvalue weighted by Gasteiger charge is -2.10. The summed E-state index contributed by atoms with van der Waals surface area (Å²) >= 11 is 3.20. The van der Waals surface area contributed by atoms with Gasteiger partial charge >= 0.3 is 0 Å². The van der Waals surface area contributed by atoms with Gasteiger partial charge in [-0.15, -0.1) is 0 Å². The van der Waals surface area contributed by atoms with Gasteiger partial charge in [-0.2, -0.15) is 0 Å². The van der Waals surface area contributed by atoms with Gasteiger partial charge in [-0.3, -0.25) is 0 Å². The highest BCUT2D eigenvalue weighted by Crippen LogP contribution is 2.38. The average Bonchev–Trinajstić information content (AvgIpc) is 2.88. The molecule has 1 aliphatic rings. The minimum absolute atomic E-state index is 0.0643. The van der Waals surface area contributed by atoms with Crippen molar-refractivity contribution in [1.82, 2.24) is 0 Å². The number of hydrogen-bond acceptors (Lipinski definition) is 2. The highest BCUT2D eigenvalue weighted by atomic mass is 79.9. The van der Waals surface area contributed by atoms with Crippen LogP contribution in [-0.2, 0) is 6.42 Å². The number of benzene rings is 1. The number of aromatic hydroxyl groups is 1. The molecular formula is C11H13BrFNO. The molecule has 0 radical (unpaired) electrons. The molecule has 0 spiro atoms. The number of nitrogens with two attached hydrogens (primary N) is 1. The Hall–Kier alpha value is -0.610. The monoisotopic (exact) mass is 273 g/mol. The van der Waals surface area contributed by atoms with Gasteiger partial charge in [0.1, 0.15) is 0 Å². The Bertz CT molecular complexity index is 390. The third-order valence-corrected chi connectivity index (χ3v) is 3.35. The highest BCUT2D eigenvalue weighted by Gasteiger charge is 2.37. The molecule has 0 heterocycles. The van der Waals surface area contributed by atoms with Crippen LogP contribution in [0.15, 0.2) is 16.6 Å². The van der Waals surface area contributed by atoms with Gasteiger partial charge in [0.15, 0.2) is 11.6 Å². The summed E-state index contributed by atoms with van der Waals surface area (Å²) in [6.07, 6.45) is 3.49. The van der Waals surface area contributed by atoms with Crippen LogP contribution in [0.5, 0.6) is 5.75 Å². The Morgan fingerprint density at radius 1 is 1.47 bits per heavy atom. The number of phenolic OH excluding ortho intramolecular Hbond substituents is 1. The molecule has 1 saturated carbocycles. The minimum Gasteiger partial charge on any atom is -0.505 e. The molecule has 0 amide bonds. The van der Waals surface area contributed by atoms with Gasteiger partial charge in [0.2, 0.25) is 0 Å². The summed E-state index contributed by atoms with van der Waals surface area (Å²) in [4.78, 5) is 0. The zero-order valence-corrected chi connectivity index (χ0v) is 9.85. The summed E-state index contributed by atoms with van der Waals surface area (Å²) in [5.74, 6) is -0.830. The van der Waals surface area contributed by atoms with Crippen LogP contribution < -0.4 is 5.73 Å². The Kier molecular flexibility index (Phi) is 2.73. The van der Waals surface area contributed by atoms with Crippen LogP contribution in [0.4, 0.5) is 4.39 Å². The molecule has 0 atom stereocenters. The minimum atomic E-state index is -0.582. The second-order valence-electron chi connectivity index (χ2n) is 4.26. The smallest absolute Gasteiger partial charge is 0.166 e. The molecule has 0 unspecified atom stereocenters. The maximum Gasteiger partial charge on any atom is 0.166 e. The number of rotatable bonds is 3. The summed E-state index contributed by atoms with van der Waals surface area (Å²) in [5.41, 5.74) is 6.49. The van der Waals surface area contributed by atoms with E-state index in [0.717, 1.165) is 19.3 Å². The van der Waals surface area contributed by atoms with Crippen molar-refractivity contribution in [3.63, 3.8) is 0 Å². The van der Waals surface area contributed by atoms with Crippen LogP contribution in [-0.4, -0.2) is 10.6 Å². The predicted octanol–water partition coefficient (Wildman–Crippen LogP) is 2.72. The summed E-state index contributed by atoms with van der Waals surface area (Å²) < 4.78 is 13.8. The van der Waals surface area contributed by atoms with Crippen LogP contribution in [0.1, 0.15) is 24.8 Å². The molecule has 0 aromatic heterocycles. The Morgan fingerprint density at radius 2 is 2.13 bits per heavy atom. The molecule has 0 aliphatic heterocycles. The molecule has 1 fully saturated rings. The van der Waals surface area contributed by atoms with Crippen molar-refractivity contribution in [3.8, 4) is 5.75 Å². The number of halogens is 2. The molecule has 4 heteroatoms. The summed E-state index contributed by atoms with van der Waals surface area (Å²) in [7, 11) is 0. The maximum atomic E-state index is 13.2. The van der Waals surface area contributed by atoms with Crippen molar-refractivity contribution in [3.05, 3.63) is 28.0 Å². The number of aryl methyl sites for hydroxylation is 1. The fraction of sp³-hybridized carbons (Fsp3) is 0.455. The SMILES string of the molecule is NC1(CCc2cc(Br)cc(F)c2O)CC1. The topological polar surface area (TPSA) is 46.2 Å². The number of hydrogen-bond donors (Lipinski definition) is 2. The van der Waals surface area contributed by atoms with E-state index in [1.165, 1.54) is 6.07 Å². The van der Waals surface area contributed by atoms with Gasteiger partial charge in [0, 0.05) is 10.0 Å². The molecule has 0 saturated heterocycles. The van der Waals surface area contributed by atoms with Gasteiger partial charge in [0.25, 0.3) is 0 Å². The van der Waals surface area contributed by atoms with Crippen molar-refractivity contribution in [2.45, 2.75) is 31.2 Å². The van der Waals surface area contributed by atoms with Gasteiger partial charge in [-0.1, -0.05) is 15.9 Å². The van der Waals surface area contributed by atoms with Crippen LogP contribution >= 0.6 is 15.9 Å². The molecule has 1 aliphatic carbocycles. The average molecular weight is 274 g/mol. The third-order valence-electron chi connectivity index (χ3n) is 2.89. The summed E-state index contributed by atoms with van der Waals surface area (Å²) in [5, 5.41) is 9.50. The van der Waals surface area contributed by atoms with Gasteiger partial charge in [-0.05, 0) is 43.4 Å². The van der Waals surface area contributed by atoms with Crippen molar-refractivity contribution in [2.75, 3.05) is 0 Å². The van der Waals surface area contributed by atoms with E-state index >= 15 is 0 Å². The Labute approximate surface area is 96.4 Å². The first-order chi connectivity index (χ1) is 7.00. The second kappa shape index (κ2) is 3.76. The van der Waals surface area contributed by atoms with E-state index in [4.69, 9.17) is 5.73 Å². The Morgan fingerprint density at radius 3 is 2.73 bits per heavy atom. The summed E-state index contributed by atoms with van der Waals surface area (Å²) in [6, 6.07) is 3.00.